The Kier molecular flexibility index (Phi) is 5.42. The molecule has 0 atom stereocenters. The number of aromatic nitrogens is 2. The molecule has 21 heavy (non-hydrogen) atoms. The minimum Gasteiger partial charge on any atom is -0.395 e. The van der Waals surface area contributed by atoms with E-state index in [0.29, 0.717) is 13.0 Å². The highest BCUT2D eigenvalue weighted by Gasteiger charge is 2.05. The summed E-state index contributed by atoms with van der Waals surface area (Å²) in [6.45, 7) is 3.37. The van der Waals surface area contributed by atoms with E-state index in [2.05, 4.69) is 18.8 Å². The molecule has 0 radical (unpaired) electrons. The standard InChI is InChI=1S/C17H20N2O2/c1-2-10-18-11-12-19(17(18)21)14-16-9-4-3-7-15(16)8-5-6-13-20/h3-4,7,9,11-12,20H,2,6,10,13-14H2,1H3. The van der Waals surface area contributed by atoms with Crippen molar-refractivity contribution in [1.29, 1.82) is 0 Å². The van der Waals surface area contributed by atoms with Crippen molar-refractivity contribution >= 4 is 0 Å². The number of aliphatic hydroxyl groups is 1. The van der Waals surface area contributed by atoms with Gasteiger partial charge < -0.3 is 5.11 Å². The second kappa shape index (κ2) is 7.51. The third-order valence-electron chi connectivity index (χ3n) is 3.20. The van der Waals surface area contributed by atoms with Crippen LogP contribution in [0.15, 0.2) is 41.5 Å². The minimum atomic E-state index is 0.00923. The Balaban J connectivity index is 2.24. The van der Waals surface area contributed by atoms with E-state index in [1.165, 1.54) is 0 Å². The van der Waals surface area contributed by atoms with E-state index >= 15 is 0 Å². The molecule has 2 aromatic rings. The molecule has 0 fully saturated rings. The van der Waals surface area contributed by atoms with Gasteiger partial charge in [-0.3, -0.25) is 9.13 Å². The number of hydrogen-bond acceptors (Lipinski definition) is 2. The maximum Gasteiger partial charge on any atom is 0.328 e. The van der Waals surface area contributed by atoms with Crippen LogP contribution in [-0.2, 0) is 13.1 Å². The Morgan fingerprint density at radius 2 is 1.95 bits per heavy atom. The first-order valence-corrected chi connectivity index (χ1v) is 7.19. The lowest BCUT2D eigenvalue weighted by atomic mass is 10.1. The molecular weight excluding hydrogens is 264 g/mol. The molecule has 0 saturated heterocycles. The van der Waals surface area contributed by atoms with E-state index in [1.54, 1.807) is 9.13 Å². The molecule has 0 amide bonds. The molecule has 0 unspecified atom stereocenters. The fourth-order valence-electron chi connectivity index (χ4n) is 2.16. The second-order valence-corrected chi connectivity index (χ2v) is 4.83. The van der Waals surface area contributed by atoms with Crippen molar-refractivity contribution in [3.05, 3.63) is 58.3 Å². The summed E-state index contributed by atoms with van der Waals surface area (Å²) in [4.78, 5) is 12.2. The molecule has 1 aromatic carbocycles. The van der Waals surface area contributed by atoms with E-state index in [4.69, 9.17) is 5.11 Å². The molecule has 4 heteroatoms. The van der Waals surface area contributed by atoms with E-state index < -0.39 is 0 Å². The molecule has 1 aromatic heterocycles. The molecule has 110 valence electrons. The molecule has 2 rings (SSSR count). The lowest BCUT2D eigenvalue weighted by Gasteiger charge is -2.05. The van der Waals surface area contributed by atoms with Gasteiger partial charge in [0.05, 0.1) is 13.2 Å². The predicted molar refractivity (Wildman–Crippen MR) is 83.1 cm³/mol. The average Bonchev–Trinajstić information content (AvgIpc) is 2.83. The van der Waals surface area contributed by atoms with Crippen molar-refractivity contribution in [2.75, 3.05) is 6.61 Å². The van der Waals surface area contributed by atoms with Gasteiger partial charge in [0.25, 0.3) is 0 Å². The van der Waals surface area contributed by atoms with Crippen LogP contribution >= 0.6 is 0 Å². The second-order valence-electron chi connectivity index (χ2n) is 4.83. The Bertz CT molecular complexity index is 701. The number of rotatable bonds is 5. The summed E-state index contributed by atoms with van der Waals surface area (Å²) in [5.41, 5.74) is 1.93. The maximum absolute atomic E-state index is 12.2. The third-order valence-corrected chi connectivity index (χ3v) is 3.20. The van der Waals surface area contributed by atoms with Crippen molar-refractivity contribution < 1.29 is 5.11 Å². The molecule has 0 aliphatic carbocycles. The van der Waals surface area contributed by atoms with E-state index in [-0.39, 0.29) is 12.3 Å². The van der Waals surface area contributed by atoms with Crippen molar-refractivity contribution in [2.24, 2.45) is 0 Å². The summed E-state index contributed by atoms with van der Waals surface area (Å²) in [5, 5.41) is 8.79. The van der Waals surface area contributed by atoms with Crippen LogP contribution in [0, 0.1) is 11.8 Å². The van der Waals surface area contributed by atoms with Gasteiger partial charge >= 0.3 is 5.69 Å². The van der Waals surface area contributed by atoms with Crippen LogP contribution in [0.4, 0.5) is 0 Å². The summed E-state index contributed by atoms with van der Waals surface area (Å²) in [7, 11) is 0. The summed E-state index contributed by atoms with van der Waals surface area (Å²) in [6, 6.07) is 7.79. The fourth-order valence-corrected chi connectivity index (χ4v) is 2.16. The highest BCUT2D eigenvalue weighted by Crippen LogP contribution is 2.09. The fraction of sp³-hybridized carbons (Fsp3) is 0.353. The first-order chi connectivity index (χ1) is 10.3. The molecule has 0 aliphatic rings. The molecule has 4 nitrogen and oxygen atoms in total. The van der Waals surface area contributed by atoms with Gasteiger partial charge in [-0.05, 0) is 18.1 Å². The summed E-state index contributed by atoms with van der Waals surface area (Å²) in [5.74, 6) is 5.98. The van der Waals surface area contributed by atoms with Gasteiger partial charge in [0.2, 0.25) is 0 Å². The zero-order valence-corrected chi connectivity index (χ0v) is 12.2. The smallest absolute Gasteiger partial charge is 0.328 e. The molecule has 1 heterocycles. The van der Waals surface area contributed by atoms with Gasteiger partial charge in [0.15, 0.2) is 0 Å². The summed E-state index contributed by atoms with van der Waals surface area (Å²) in [6.07, 6.45) is 5.04. The molecule has 0 saturated carbocycles. The van der Waals surface area contributed by atoms with Crippen LogP contribution < -0.4 is 5.69 Å². The van der Waals surface area contributed by atoms with Crippen LogP contribution in [0.1, 0.15) is 30.9 Å². The number of aryl methyl sites for hydroxylation is 1. The molecule has 0 bridgehead atoms. The Morgan fingerprint density at radius 3 is 2.71 bits per heavy atom. The zero-order valence-electron chi connectivity index (χ0n) is 12.2. The lowest BCUT2D eigenvalue weighted by Crippen LogP contribution is -2.24. The van der Waals surface area contributed by atoms with Crippen LogP contribution in [0.5, 0.6) is 0 Å². The van der Waals surface area contributed by atoms with Crippen molar-refractivity contribution in [1.82, 2.24) is 9.13 Å². The van der Waals surface area contributed by atoms with Crippen LogP contribution in [0.3, 0.4) is 0 Å². The minimum absolute atomic E-state index is 0.00923. The van der Waals surface area contributed by atoms with E-state index in [1.807, 2.05) is 36.7 Å². The highest BCUT2D eigenvalue weighted by molar-refractivity contribution is 5.41. The van der Waals surface area contributed by atoms with E-state index in [9.17, 15) is 4.79 Å². The van der Waals surface area contributed by atoms with Crippen molar-refractivity contribution in [3.63, 3.8) is 0 Å². The first kappa shape index (κ1) is 15.1. The van der Waals surface area contributed by atoms with Gasteiger partial charge in [-0.1, -0.05) is 37.0 Å². The van der Waals surface area contributed by atoms with Gasteiger partial charge in [-0.25, -0.2) is 4.79 Å². The largest absolute Gasteiger partial charge is 0.395 e. The Morgan fingerprint density at radius 1 is 1.19 bits per heavy atom. The summed E-state index contributed by atoms with van der Waals surface area (Å²) >= 11 is 0. The van der Waals surface area contributed by atoms with Crippen LogP contribution in [0.2, 0.25) is 0 Å². The van der Waals surface area contributed by atoms with Gasteiger partial charge in [-0.15, -0.1) is 0 Å². The van der Waals surface area contributed by atoms with Crippen molar-refractivity contribution in [3.8, 4) is 11.8 Å². The van der Waals surface area contributed by atoms with Crippen LogP contribution in [-0.4, -0.2) is 20.8 Å². The maximum atomic E-state index is 12.2. The molecule has 0 spiro atoms. The van der Waals surface area contributed by atoms with Gasteiger partial charge in [0.1, 0.15) is 0 Å². The summed E-state index contributed by atoms with van der Waals surface area (Å²) < 4.78 is 3.42. The Labute approximate surface area is 124 Å². The number of benzene rings is 1. The normalized spacial score (nSPS) is 10.2. The average molecular weight is 284 g/mol. The number of nitrogens with zero attached hydrogens (tertiary/aromatic N) is 2. The SMILES string of the molecule is CCCn1ccn(Cc2ccccc2C#CCCO)c1=O. The first-order valence-electron chi connectivity index (χ1n) is 7.19. The van der Waals surface area contributed by atoms with Crippen molar-refractivity contribution in [2.45, 2.75) is 32.9 Å². The third kappa shape index (κ3) is 3.87. The number of imidazole rings is 1. The highest BCUT2D eigenvalue weighted by atomic mass is 16.2. The van der Waals surface area contributed by atoms with Gasteiger partial charge in [-0.2, -0.15) is 0 Å². The topological polar surface area (TPSA) is 47.2 Å². The molecule has 0 aliphatic heterocycles. The Hall–Kier alpha value is -2.25. The number of aliphatic hydroxyl groups excluding tert-OH is 1. The lowest BCUT2D eigenvalue weighted by molar-refractivity contribution is 0.305. The van der Waals surface area contributed by atoms with E-state index in [0.717, 1.165) is 24.1 Å². The van der Waals surface area contributed by atoms with Gasteiger partial charge in [0, 0.05) is 30.9 Å². The molecule has 1 N–H and O–H groups in total. The number of hydrogen-bond donors (Lipinski definition) is 1. The van der Waals surface area contributed by atoms with Crippen LogP contribution in [0.25, 0.3) is 0 Å². The molecular formula is C17H20N2O2. The zero-order chi connectivity index (χ0) is 15.1. The quantitative estimate of drug-likeness (QED) is 0.852. The monoisotopic (exact) mass is 284 g/mol. The predicted octanol–water partition coefficient (Wildman–Crippen LogP) is 1.84.